The van der Waals surface area contributed by atoms with Crippen LogP contribution in [0.4, 0.5) is 13.2 Å². The molecule has 0 radical (unpaired) electrons. The van der Waals surface area contributed by atoms with Gasteiger partial charge in [0.25, 0.3) is 0 Å². The Morgan fingerprint density at radius 1 is 1.32 bits per heavy atom. The van der Waals surface area contributed by atoms with Gasteiger partial charge in [-0.15, -0.1) is 0 Å². The van der Waals surface area contributed by atoms with Crippen molar-refractivity contribution in [3.63, 3.8) is 0 Å². The number of halogens is 3. The van der Waals surface area contributed by atoms with Gasteiger partial charge in [-0.2, -0.15) is 13.2 Å². The van der Waals surface area contributed by atoms with E-state index >= 15 is 0 Å². The lowest BCUT2D eigenvalue weighted by atomic mass is 9.98. The summed E-state index contributed by atoms with van der Waals surface area (Å²) < 4.78 is 40.3. The summed E-state index contributed by atoms with van der Waals surface area (Å²) in [6, 6.07) is 8.58. The van der Waals surface area contributed by atoms with Crippen molar-refractivity contribution in [1.82, 2.24) is 10.2 Å². The molecule has 1 unspecified atom stereocenters. The highest BCUT2D eigenvalue weighted by Gasteiger charge is 2.27. The predicted octanol–water partition coefficient (Wildman–Crippen LogP) is 2.91. The van der Waals surface area contributed by atoms with E-state index in [1.807, 2.05) is 12.1 Å². The first-order valence-corrected chi connectivity index (χ1v) is 8.61. The zero-order valence-corrected chi connectivity index (χ0v) is 14.4. The van der Waals surface area contributed by atoms with Crippen LogP contribution in [0.5, 0.6) is 0 Å². The Bertz CT molecular complexity index is 563. The number of nitrogens with one attached hydrogen (secondary N) is 1. The molecular formula is C18H25F3N2O2. The predicted molar refractivity (Wildman–Crippen MR) is 89.1 cm³/mol. The van der Waals surface area contributed by atoms with Crippen molar-refractivity contribution in [3.05, 3.63) is 35.4 Å². The van der Waals surface area contributed by atoms with E-state index in [0.29, 0.717) is 6.54 Å². The summed E-state index contributed by atoms with van der Waals surface area (Å²) in [4.78, 5) is 14.1. The number of benzene rings is 1. The van der Waals surface area contributed by atoms with Gasteiger partial charge in [-0.25, -0.2) is 0 Å². The third-order valence-electron chi connectivity index (χ3n) is 4.42. The summed E-state index contributed by atoms with van der Waals surface area (Å²) in [6.45, 7) is 2.84. The summed E-state index contributed by atoms with van der Waals surface area (Å²) >= 11 is 0. The standard InChI is InChI=1S/C18H25F3N2O2/c1-2-16(11-22-17(24)8-10-25-13-18(19,20)21)23-9-7-14-5-3-4-6-15(14)12-23/h3-6,16H,2,7-13H2,1H3,(H,22,24). The van der Waals surface area contributed by atoms with Gasteiger partial charge in [-0.05, 0) is 24.0 Å². The normalized spacial score (nSPS) is 16.3. The second-order valence-corrected chi connectivity index (χ2v) is 6.27. The van der Waals surface area contributed by atoms with Gasteiger partial charge in [0.1, 0.15) is 6.61 Å². The monoisotopic (exact) mass is 358 g/mol. The van der Waals surface area contributed by atoms with Gasteiger partial charge in [0.05, 0.1) is 6.61 Å². The van der Waals surface area contributed by atoms with E-state index in [9.17, 15) is 18.0 Å². The molecule has 0 aromatic heterocycles. The van der Waals surface area contributed by atoms with Gasteiger partial charge in [0.15, 0.2) is 0 Å². The van der Waals surface area contributed by atoms with Gasteiger partial charge in [-0.3, -0.25) is 9.69 Å². The minimum Gasteiger partial charge on any atom is -0.372 e. The zero-order valence-electron chi connectivity index (χ0n) is 14.4. The molecule has 1 aliphatic rings. The van der Waals surface area contributed by atoms with Crippen molar-refractivity contribution in [1.29, 1.82) is 0 Å². The summed E-state index contributed by atoms with van der Waals surface area (Å²) in [6.07, 6.45) is -2.53. The molecule has 1 atom stereocenters. The van der Waals surface area contributed by atoms with E-state index in [2.05, 4.69) is 34.0 Å². The van der Waals surface area contributed by atoms with Gasteiger partial charge in [0, 0.05) is 32.1 Å². The van der Waals surface area contributed by atoms with Crippen LogP contribution in [-0.2, 0) is 22.5 Å². The maximum absolute atomic E-state index is 12.0. The van der Waals surface area contributed by atoms with Crippen molar-refractivity contribution in [2.45, 2.75) is 44.9 Å². The largest absolute Gasteiger partial charge is 0.411 e. The first-order chi connectivity index (χ1) is 11.9. The van der Waals surface area contributed by atoms with E-state index < -0.39 is 12.8 Å². The van der Waals surface area contributed by atoms with Crippen LogP contribution < -0.4 is 5.32 Å². The van der Waals surface area contributed by atoms with Crippen LogP contribution in [0.1, 0.15) is 30.9 Å². The number of rotatable bonds is 8. The molecule has 1 amide bonds. The molecule has 0 aliphatic carbocycles. The second kappa shape index (κ2) is 9.20. The molecule has 1 N–H and O–H groups in total. The van der Waals surface area contributed by atoms with E-state index in [0.717, 1.165) is 25.9 Å². The maximum atomic E-state index is 12.0. The Morgan fingerprint density at radius 2 is 2.04 bits per heavy atom. The molecule has 1 aromatic carbocycles. The van der Waals surface area contributed by atoms with Crippen molar-refractivity contribution in [2.24, 2.45) is 0 Å². The topological polar surface area (TPSA) is 41.6 Å². The zero-order chi connectivity index (χ0) is 18.3. The lowest BCUT2D eigenvalue weighted by molar-refractivity contribution is -0.174. The molecule has 0 fully saturated rings. The van der Waals surface area contributed by atoms with Gasteiger partial charge < -0.3 is 10.1 Å². The van der Waals surface area contributed by atoms with E-state index in [1.165, 1.54) is 11.1 Å². The van der Waals surface area contributed by atoms with Gasteiger partial charge >= 0.3 is 6.18 Å². The second-order valence-electron chi connectivity index (χ2n) is 6.27. The Balaban J connectivity index is 1.72. The molecule has 1 aliphatic heterocycles. The third-order valence-corrected chi connectivity index (χ3v) is 4.42. The average molecular weight is 358 g/mol. The molecule has 4 nitrogen and oxygen atoms in total. The number of amides is 1. The number of hydrogen-bond donors (Lipinski definition) is 1. The minimum absolute atomic E-state index is 0.0602. The van der Waals surface area contributed by atoms with Crippen LogP contribution in [-0.4, -0.2) is 49.3 Å². The van der Waals surface area contributed by atoms with Gasteiger partial charge in [0.2, 0.25) is 5.91 Å². The van der Waals surface area contributed by atoms with E-state index in [-0.39, 0.29) is 25.0 Å². The number of carbonyl (C=O) groups excluding carboxylic acids is 1. The molecule has 1 heterocycles. The Hall–Kier alpha value is -1.60. The molecule has 0 saturated heterocycles. The first-order valence-electron chi connectivity index (χ1n) is 8.61. The molecule has 140 valence electrons. The number of carbonyl (C=O) groups is 1. The SMILES string of the molecule is CCC(CNC(=O)CCOCC(F)(F)F)N1CCc2ccccc2C1. The number of fused-ring (bicyclic) bond motifs is 1. The number of alkyl halides is 3. The fourth-order valence-corrected chi connectivity index (χ4v) is 3.03. The summed E-state index contributed by atoms with van der Waals surface area (Å²) in [5.74, 6) is -0.280. The first kappa shape index (κ1) is 19.7. The minimum atomic E-state index is -4.35. The van der Waals surface area contributed by atoms with Crippen LogP contribution in [0, 0.1) is 0 Å². The van der Waals surface area contributed by atoms with Crippen LogP contribution in [0.3, 0.4) is 0 Å². The van der Waals surface area contributed by atoms with Crippen LogP contribution >= 0.6 is 0 Å². The van der Waals surface area contributed by atoms with Crippen molar-refractivity contribution >= 4 is 5.91 Å². The summed E-state index contributed by atoms with van der Waals surface area (Å²) in [5, 5.41) is 2.81. The molecule has 0 bridgehead atoms. The molecule has 0 saturated carbocycles. The fourth-order valence-electron chi connectivity index (χ4n) is 3.03. The highest BCUT2D eigenvalue weighted by Crippen LogP contribution is 2.21. The molecule has 7 heteroatoms. The quantitative estimate of drug-likeness (QED) is 0.727. The van der Waals surface area contributed by atoms with Crippen molar-refractivity contribution in [2.75, 3.05) is 26.3 Å². The molecule has 0 spiro atoms. The summed E-state index contributed by atoms with van der Waals surface area (Å²) in [5.41, 5.74) is 2.69. The molecule has 1 aromatic rings. The van der Waals surface area contributed by atoms with E-state index in [1.54, 1.807) is 0 Å². The van der Waals surface area contributed by atoms with Crippen molar-refractivity contribution < 1.29 is 22.7 Å². The third kappa shape index (κ3) is 6.66. The highest BCUT2D eigenvalue weighted by atomic mass is 19.4. The number of nitrogens with zero attached hydrogens (tertiary/aromatic N) is 1. The number of ether oxygens (including phenoxy) is 1. The maximum Gasteiger partial charge on any atom is 0.411 e. The molecule has 2 rings (SSSR count). The van der Waals surface area contributed by atoms with Crippen LogP contribution in [0.15, 0.2) is 24.3 Å². The molecular weight excluding hydrogens is 333 g/mol. The van der Waals surface area contributed by atoms with Crippen LogP contribution in [0.25, 0.3) is 0 Å². The molecule has 25 heavy (non-hydrogen) atoms. The Labute approximate surface area is 146 Å². The Kier molecular flexibility index (Phi) is 7.25. The fraction of sp³-hybridized carbons (Fsp3) is 0.611. The van der Waals surface area contributed by atoms with E-state index in [4.69, 9.17) is 0 Å². The summed E-state index contributed by atoms with van der Waals surface area (Å²) in [7, 11) is 0. The average Bonchev–Trinajstić information content (AvgIpc) is 2.58. The van der Waals surface area contributed by atoms with Gasteiger partial charge in [-0.1, -0.05) is 31.2 Å². The lowest BCUT2D eigenvalue weighted by Gasteiger charge is -2.35. The van der Waals surface area contributed by atoms with Crippen molar-refractivity contribution in [3.8, 4) is 0 Å². The highest BCUT2D eigenvalue weighted by molar-refractivity contribution is 5.75. The lowest BCUT2D eigenvalue weighted by Crippen LogP contribution is -2.45. The Morgan fingerprint density at radius 3 is 2.72 bits per heavy atom. The number of hydrogen-bond acceptors (Lipinski definition) is 3. The van der Waals surface area contributed by atoms with Crippen LogP contribution in [0.2, 0.25) is 0 Å². The smallest absolute Gasteiger partial charge is 0.372 e.